The molecule has 4 aromatic rings. The van der Waals surface area contributed by atoms with Crippen molar-refractivity contribution in [2.45, 2.75) is 37.7 Å². The zero-order valence-electron chi connectivity index (χ0n) is 20.2. The topological polar surface area (TPSA) is 71.8 Å². The van der Waals surface area contributed by atoms with Gasteiger partial charge in [0.05, 0.1) is 5.57 Å². The average Bonchev–Trinajstić information content (AvgIpc) is 3.26. The van der Waals surface area contributed by atoms with Gasteiger partial charge in [-0.1, -0.05) is 83.5 Å². The largest absolute Gasteiger partial charge is 0.328 e. The van der Waals surface area contributed by atoms with E-state index in [1.54, 1.807) is 16.4 Å². The van der Waals surface area contributed by atoms with Crippen LogP contribution in [0.4, 0.5) is 11.6 Å². The number of aryl methyl sites for hydroxylation is 2. The first-order valence-electron chi connectivity index (χ1n) is 11.6. The van der Waals surface area contributed by atoms with E-state index in [0.717, 1.165) is 33.8 Å². The van der Waals surface area contributed by atoms with Crippen molar-refractivity contribution >= 4 is 40.9 Å². The lowest BCUT2D eigenvalue weighted by Crippen LogP contribution is -2.31. The SMILES string of the molecule is CC1=C(C(=O)Nc2ccc(C)cc2C)[C@H](c2cccc(Cl)c2)n2nc(SCc3ccccc3)nc2N1. The summed E-state index contributed by atoms with van der Waals surface area (Å²) < 4.78 is 1.78. The molecule has 0 aliphatic carbocycles. The number of allylic oxidation sites excluding steroid dienone is 1. The molecule has 0 saturated heterocycles. The Balaban J connectivity index is 1.50. The molecule has 1 aliphatic heterocycles. The van der Waals surface area contributed by atoms with Crippen molar-refractivity contribution in [3.05, 3.63) is 111 Å². The third-order valence-corrected chi connectivity index (χ3v) is 7.23. The highest BCUT2D eigenvalue weighted by Crippen LogP contribution is 2.38. The second-order valence-corrected chi connectivity index (χ2v) is 10.2. The number of hydrogen-bond acceptors (Lipinski definition) is 5. The van der Waals surface area contributed by atoms with Crippen LogP contribution in [0.2, 0.25) is 5.02 Å². The van der Waals surface area contributed by atoms with Crippen LogP contribution >= 0.6 is 23.4 Å². The highest BCUT2D eigenvalue weighted by Gasteiger charge is 2.34. The predicted octanol–water partition coefficient (Wildman–Crippen LogP) is 6.77. The monoisotopic (exact) mass is 515 g/mol. The maximum absolute atomic E-state index is 13.7. The molecule has 6 nitrogen and oxygen atoms in total. The number of fused-ring (bicyclic) bond motifs is 1. The number of aromatic nitrogens is 3. The first-order chi connectivity index (χ1) is 17.4. The van der Waals surface area contributed by atoms with Gasteiger partial charge in [0.25, 0.3) is 5.91 Å². The second kappa shape index (κ2) is 10.2. The van der Waals surface area contributed by atoms with Gasteiger partial charge >= 0.3 is 0 Å². The zero-order chi connectivity index (χ0) is 25.2. The van der Waals surface area contributed by atoms with E-state index in [1.807, 2.05) is 75.4 Å². The molecule has 0 saturated carbocycles. The summed E-state index contributed by atoms with van der Waals surface area (Å²) in [5.41, 5.74) is 6.27. The van der Waals surface area contributed by atoms with Gasteiger partial charge in [0.15, 0.2) is 0 Å². The third-order valence-electron chi connectivity index (χ3n) is 6.08. The van der Waals surface area contributed by atoms with Crippen molar-refractivity contribution in [3.8, 4) is 0 Å². The van der Waals surface area contributed by atoms with Gasteiger partial charge in [0.1, 0.15) is 6.04 Å². The highest BCUT2D eigenvalue weighted by atomic mass is 35.5. The fourth-order valence-electron chi connectivity index (χ4n) is 4.34. The summed E-state index contributed by atoms with van der Waals surface area (Å²) in [7, 11) is 0. The number of benzene rings is 3. The van der Waals surface area contributed by atoms with Crippen molar-refractivity contribution in [2.24, 2.45) is 0 Å². The number of thioether (sulfide) groups is 1. The predicted molar refractivity (Wildman–Crippen MR) is 146 cm³/mol. The average molecular weight is 516 g/mol. The highest BCUT2D eigenvalue weighted by molar-refractivity contribution is 7.98. The quantitative estimate of drug-likeness (QED) is 0.277. The minimum absolute atomic E-state index is 0.198. The molecule has 2 N–H and O–H groups in total. The van der Waals surface area contributed by atoms with Gasteiger partial charge in [-0.05, 0) is 55.7 Å². The van der Waals surface area contributed by atoms with Gasteiger partial charge < -0.3 is 10.6 Å². The maximum atomic E-state index is 13.7. The zero-order valence-corrected chi connectivity index (χ0v) is 21.8. The minimum Gasteiger partial charge on any atom is -0.328 e. The van der Waals surface area contributed by atoms with Crippen LogP contribution in [0.15, 0.2) is 89.2 Å². The van der Waals surface area contributed by atoms with E-state index in [2.05, 4.69) is 28.8 Å². The first kappa shape index (κ1) is 24.2. The normalized spacial score (nSPS) is 14.8. The minimum atomic E-state index is -0.482. The Kier molecular flexibility index (Phi) is 6.85. The van der Waals surface area contributed by atoms with E-state index in [4.69, 9.17) is 21.7 Å². The van der Waals surface area contributed by atoms with Crippen LogP contribution in [0, 0.1) is 13.8 Å². The standard InChI is InChI=1S/C28H26ClN5OS/c1-17-12-13-23(18(2)14-17)31-26(35)24-19(3)30-27-32-28(36-16-20-8-5-4-6-9-20)33-34(27)25(24)21-10-7-11-22(29)15-21/h4-15,25H,16H2,1-3H3,(H,31,35)(H,30,32,33)/t25-/m0/s1. The van der Waals surface area contributed by atoms with Crippen LogP contribution in [0.1, 0.15) is 35.2 Å². The first-order valence-corrected chi connectivity index (χ1v) is 13.0. The number of hydrogen-bond donors (Lipinski definition) is 2. The van der Waals surface area contributed by atoms with E-state index in [1.165, 1.54) is 5.56 Å². The van der Waals surface area contributed by atoms with Crippen LogP contribution in [-0.4, -0.2) is 20.7 Å². The Morgan fingerprint density at radius 2 is 1.86 bits per heavy atom. The summed E-state index contributed by atoms with van der Waals surface area (Å²) in [6.07, 6.45) is 0. The summed E-state index contributed by atoms with van der Waals surface area (Å²) in [5, 5.41) is 12.4. The van der Waals surface area contributed by atoms with Crippen molar-refractivity contribution in [1.82, 2.24) is 14.8 Å². The van der Waals surface area contributed by atoms with Crippen molar-refractivity contribution in [1.29, 1.82) is 0 Å². The van der Waals surface area contributed by atoms with Crippen LogP contribution < -0.4 is 10.6 Å². The molecule has 0 spiro atoms. The summed E-state index contributed by atoms with van der Waals surface area (Å²) >= 11 is 7.92. The third kappa shape index (κ3) is 5.03. The summed E-state index contributed by atoms with van der Waals surface area (Å²) in [6, 6.07) is 23.2. The molecule has 0 fully saturated rings. The van der Waals surface area contributed by atoms with Gasteiger partial charge in [0, 0.05) is 22.2 Å². The van der Waals surface area contributed by atoms with Crippen LogP contribution in [0.25, 0.3) is 0 Å². The van der Waals surface area contributed by atoms with Gasteiger partial charge in [-0.2, -0.15) is 4.98 Å². The molecule has 1 atom stereocenters. The molecule has 2 heterocycles. The Morgan fingerprint density at radius 1 is 1.06 bits per heavy atom. The van der Waals surface area contributed by atoms with Crippen molar-refractivity contribution in [3.63, 3.8) is 0 Å². The van der Waals surface area contributed by atoms with Gasteiger partial charge in [-0.15, -0.1) is 5.10 Å². The van der Waals surface area contributed by atoms with E-state index >= 15 is 0 Å². The Bertz CT molecular complexity index is 1460. The molecular weight excluding hydrogens is 490 g/mol. The molecule has 1 aliphatic rings. The molecule has 0 unspecified atom stereocenters. The maximum Gasteiger partial charge on any atom is 0.255 e. The van der Waals surface area contributed by atoms with E-state index < -0.39 is 6.04 Å². The lowest BCUT2D eigenvalue weighted by atomic mass is 9.95. The smallest absolute Gasteiger partial charge is 0.255 e. The fraction of sp³-hybridized carbons (Fsp3) is 0.179. The van der Waals surface area contributed by atoms with Gasteiger partial charge in [-0.3, -0.25) is 4.79 Å². The van der Waals surface area contributed by atoms with Gasteiger partial charge in [-0.25, -0.2) is 4.68 Å². The molecule has 182 valence electrons. The van der Waals surface area contributed by atoms with E-state index in [9.17, 15) is 4.79 Å². The molecule has 36 heavy (non-hydrogen) atoms. The lowest BCUT2D eigenvalue weighted by molar-refractivity contribution is -0.113. The number of halogens is 1. The molecular formula is C28H26ClN5OS. The van der Waals surface area contributed by atoms with E-state index in [0.29, 0.717) is 21.7 Å². The number of carbonyl (C=O) groups excluding carboxylic acids is 1. The molecule has 3 aromatic carbocycles. The number of anilines is 2. The molecule has 0 bridgehead atoms. The van der Waals surface area contributed by atoms with Crippen LogP contribution in [0.3, 0.4) is 0 Å². The summed E-state index contributed by atoms with van der Waals surface area (Å²) in [5.74, 6) is 1.14. The van der Waals surface area contributed by atoms with Crippen molar-refractivity contribution in [2.75, 3.05) is 10.6 Å². The Hall–Kier alpha value is -3.55. The molecule has 5 rings (SSSR count). The number of nitrogens with zero attached hydrogens (tertiary/aromatic N) is 3. The van der Waals surface area contributed by atoms with Crippen LogP contribution in [-0.2, 0) is 10.5 Å². The van der Waals surface area contributed by atoms with Crippen LogP contribution in [0.5, 0.6) is 0 Å². The van der Waals surface area contributed by atoms with E-state index in [-0.39, 0.29) is 5.91 Å². The van der Waals surface area contributed by atoms with Gasteiger partial charge in [0.2, 0.25) is 11.1 Å². The molecule has 8 heteroatoms. The number of carbonyl (C=O) groups is 1. The fourth-order valence-corrected chi connectivity index (χ4v) is 5.32. The number of nitrogens with one attached hydrogen (secondary N) is 2. The number of amides is 1. The Morgan fingerprint density at radius 3 is 2.61 bits per heavy atom. The molecule has 0 radical (unpaired) electrons. The second-order valence-electron chi connectivity index (χ2n) is 8.83. The number of rotatable bonds is 6. The summed E-state index contributed by atoms with van der Waals surface area (Å²) in [6.45, 7) is 5.91. The lowest BCUT2D eigenvalue weighted by Gasteiger charge is -2.29. The molecule has 1 amide bonds. The van der Waals surface area contributed by atoms with Crippen molar-refractivity contribution < 1.29 is 4.79 Å². The summed E-state index contributed by atoms with van der Waals surface area (Å²) in [4.78, 5) is 18.4. The Labute approximate surface area is 219 Å². The molecule has 1 aromatic heterocycles.